The summed E-state index contributed by atoms with van der Waals surface area (Å²) in [4.78, 5) is 11.8. The highest BCUT2D eigenvalue weighted by molar-refractivity contribution is 5.88. The van der Waals surface area contributed by atoms with Crippen LogP contribution in [0.3, 0.4) is 0 Å². The lowest BCUT2D eigenvalue weighted by Gasteiger charge is -2.10. The number of carbonyl (C=O) groups is 1. The average molecular weight is 231 g/mol. The van der Waals surface area contributed by atoms with Crippen LogP contribution in [0.1, 0.15) is 29.0 Å². The molecule has 1 atom stereocenters. The van der Waals surface area contributed by atoms with Crippen molar-refractivity contribution in [3.8, 4) is 6.07 Å². The summed E-state index contributed by atoms with van der Waals surface area (Å²) in [7, 11) is 1.55. The molecule has 0 saturated heterocycles. The van der Waals surface area contributed by atoms with E-state index in [-0.39, 0.29) is 12.2 Å². The van der Waals surface area contributed by atoms with Crippen molar-refractivity contribution < 1.29 is 9.53 Å². The smallest absolute Gasteiger partial charge is 0.156 e. The van der Waals surface area contributed by atoms with E-state index in [1.165, 1.54) is 0 Å². The molecule has 3 heteroatoms. The Hall–Kier alpha value is -1.66. The van der Waals surface area contributed by atoms with Crippen molar-refractivity contribution in [2.24, 2.45) is 0 Å². The van der Waals surface area contributed by atoms with Gasteiger partial charge in [-0.1, -0.05) is 18.2 Å². The van der Waals surface area contributed by atoms with Crippen molar-refractivity contribution in [2.45, 2.75) is 26.2 Å². The Balaban J connectivity index is 2.90. The van der Waals surface area contributed by atoms with E-state index >= 15 is 0 Å². The monoisotopic (exact) mass is 231 g/mol. The summed E-state index contributed by atoms with van der Waals surface area (Å²) in [6, 6.07) is 7.77. The van der Waals surface area contributed by atoms with E-state index < -0.39 is 5.92 Å². The minimum absolute atomic E-state index is 0.0856. The van der Waals surface area contributed by atoms with Gasteiger partial charge >= 0.3 is 0 Å². The fraction of sp³-hybridized carbons (Fsp3) is 0.429. The molecule has 3 nitrogen and oxygen atoms in total. The van der Waals surface area contributed by atoms with E-state index in [0.29, 0.717) is 6.61 Å². The van der Waals surface area contributed by atoms with Crippen LogP contribution < -0.4 is 0 Å². The largest absolute Gasteiger partial charge is 0.384 e. The number of Topliss-reactive ketones (excluding diaryl/α,β-unsaturated/α-hetero) is 1. The summed E-state index contributed by atoms with van der Waals surface area (Å²) >= 11 is 0. The van der Waals surface area contributed by atoms with Crippen molar-refractivity contribution >= 4 is 5.78 Å². The van der Waals surface area contributed by atoms with Gasteiger partial charge in [0.15, 0.2) is 5.78 Å². The molecule has 0 spiro atoms. The molecule has 0 aliphatic carbocycles. The highest BCUT2D eigenvalue weighted by atomic mass is 16.5. The molecule has 0 aliphatic heterocycles. The molecule has 90 valence electrons. The molecule has 0 N–H and O–H groups in total. The Labute approximate surface area is 102 Å². The van der Waals surface area contributed by atoms with Crippen LogP contribution in [0.25, 0.3) is 0 Å². The number of nitriles is 1. The summed E-state index contributed by atoms with van der Waals surface area (Å²) in [5, 5.41) is 9.10. The maximum atomic E-state index is 11.8. The highest BCUT2D eigenvalue weighted by Crippen LogP contribution is 2.20. The van der Waals surface area contributed by atoms with Crippen LogP contribution in [-0.2, 0) is 9.53 Å². The van der Waals surface area contributed by atoms with Gasteiger partial charge in [0.05, 0.1) is 12.7 Å². The van der Waals surface area contributed by atoms with Gasteiger partial charge in [-0.2, -0.15) is 5.26 Å². The summed E-state index contributed by atoms with van der Waals surface area (Å²) in [6.45, 7) is 4.35. The van der Waals surface area contributed by atoms with Crippen LogP contribution >= 0.6 is 0 Å². The molecule has 0 saturated carbocycles. The van der Waals surface area contributed by atoms with E-state index in [4.69, 9.17) is 10.00 Å². The minimum atomic E-state index is -0.676. The molecule has 1 unspecified atom stereocenters. The maximum absolute atomic E-state index is 11.8. The molecule has 17 heavy (non-hydrogen) atoms. The van der Waals surface area contributed by atoms with Crippen molar-refractivity contribution in [3.63, 3.8) is 0 Å². The third-order valence-corrected chi connectivity index (χ3v) is 2.87. The molecule has 0 aromatic heterocycles. The number of ether oxygens (including phenoxy) is 1. The predicted octanol–water partition coefficient (Wildman–Crippen LogP) is 2.52. The van der Waals surface area contributed by atoms with Gasteiger partial charge in [0.25, 0.3) is 0 Å². The first kappa shape index (κ1) is 13.4. The second-order valence-electron chi connectivity index (χ2n) is 4.11. The number of methoxy groups -OCH3 is 1. The molecule has 0 heterocycles. The first-order valence-electron chi connectivity index (χ1n) is 5.58. The third-order valence-electron chi connectivity index (χ3n) is 2.87. The van der Waals surface area contributed by atoms with Crippen molar-refractivity contribution in [1.29, 1.82) is 5.26 Å². The highest BCUT2D eigenvalue weighted by Gasteiger charge is 2.19. The summed E-state index contributed by atoms with van der Waals surface area (Å²) in [6.07, 6.45) is 0.279. The summed E-state index contributed by atoms with van der Waals surface area (Å²) in [5.41, 5.74) is 3.04. The topological polar surface area (TPSA) is 50.1 Å². The van der Waals surface area contributed by atoms with Crippen molar-refractivity contribution in [2.75, 3.05) is 13.7 Å². The van der Waals surface area contributed by atoms with Crippen LogP contribution in [0.15, 0.2) is 18.2 Å². The Bertz CT molecular complexity index is 446. The van der Waals surface area contributed by atoms with Gasteiger partial charge in [0.2, 0.25) is 0 Å². The van der Waals surface area contributed by atoms with Gasteiger partial charge in [0, 0.05) is 13.5 Å². The SMILES string of the molecule is COCCC(=O)C(C#N)c1ccc(C)c(C)c1. The second-order valence-corrected chi connectivity index (χ2v) is 4.11. The molecular formula is C14H17NO2. The van der Waals surface area contributed by atoms with Gasteiger partial charge in [-0.25, -0.2) is 0 Å². The number of ketones is 1. The number of rotatable bonds is 5. The maximum Gasteiger partial charge on any atom is 0.156 e. The standard InChI is InChI=1S/C14H17NO2/c1-10-4-5-12(8-11(10)2)13(9-15)14(16)6-7-17-3/h4-5,8,13H,6-7H2,1-3H3. The molecule has 0 fully saturated rings. The lowest BCUT2D eigenvalue weighted by molar-refractivity contribution is -0.120. The summed E-state index contributed by atoms with van der Waals surface area (Å²) < 4.78 is 4.86. The Morgan fingerprint density at radius 1 is 1.41 bits per heavy atom. The molecule has 0 bridgehead atoms. The number of hydrogen-bond acceptors (Lipinski definition) is 3. The third kappa shape index (κ3) is 3.40. The average Bonchev–Trinajstić information content (AvgIpc) is 2.32. The van der Waals surface area contributed by atoms with E-state index in [0.717, 1.165) is 16.7 Å². The number of benzene rings is 1. The molecular weight excluding hydrogens is 214 g/mol. The zero-order chi connectivity index (χ0) is 12.8. The molecule has 1 aromatic carbocycles. The molecule has 0 radical (unpaired) electrons. The number of hydrogen-bond donors (Lipinski definition) is 0. The molecule has 1 aromatic rings. The van der Waals surface area contributed by atoms with Gasteiger partial charge in [-0.15, -0.1) is 0 Å². The Morgan fingerprint density at radius 2 is 2.12 bits per heavy atom. The van der Waals surface area contributed by atoms with Gasteiger partial charge < -0.3 is 4.74 Å². The zero-order valence-electron chi connectivity index (χ0n) is 10.5. The second kappa shape index (κ2) is 6.17. The van der Waals surface area contributed by atoms with Gasteiger partial charge in [-0.05, 0) is 30.5 Å². The number of carbonyl (C=O) groups excluding carboxylic acids is 1. The van der Waals surface area contributed by atoms with Gasteiger partial charge in [-0.3, -0.25) is 4.79 Å². The lowest BCUT2D eigenvalue weighted by Crippen LogP contribution is -2.13. The van der Waals surface area contributed by atoms with E-state index in [1.54, 1.807) is 7.11 Å². The molecule has 1 rings (SSSR count). The van der Waals surface area contributed by atoms with Crippen molar-refractivity contribution in [1.82, 2.24) is 0 Å². The predicted molar refractivity (Wildman–Crippen MR) is 65.8 cm³/mol. The van der Waals surface area contributed by atoms with Crippen LogP contribution in [0, 0.1) is 25.2 Å². The van der Waals surface area contributed by atoms with Crippen LogP contribution in [-0.4, -0.2) is 19.5 Å². The Morgan fingerprint density at radius 3 is 2.65 bits per heavy atom. The first-order valence-corrected chi connectivity index (χ1v) is 5.58. The fourth-order valence-electron chi connectivity index (χ4n) is 1.62. The van der Waals surface area contributed by atoms with Crippen molar-refractivity contribution in [3.05, 3.63) is 34.9 Å². The van der Waals surface area contributed by atoms with Gasteiger partial charge in [0.1, 0.15) is 5.92 Å². The van der Waals surface area contributed by atoms with E-state index in [1.807, 2.05) is 32.0 Å². The zero-order valence-corrected chi connectivity index (χ0v) is 10.5. The quantitative estimate of drug-likeness (QED) is 0.782. The summed E-state index contributed by atoms with van der Waals surface area (Å²) in [5.74, 6) is -0.762. The molecule has 0 amide bonds. The van der Waals surface area contributed by atoms with E-state index in [2.05, 4.69) is 6.07 Å². The number of aryl methyl sites for hydroxylation is 2. The number of nitrogens with zero attached hydrogens (tertiary/aromatic N) is 1. The molecule has 0 aliphatic rings. The first-order chi connectivity index (χ1) is 8.10. The Kier molecular flexibility index (Phi) is 4.86. The minimum Gasteiger partial charge on any atom is -0.384 e. The van der Waals surface area contributed by atoms with Crippen LogP contribution in [0.2, 0.25) is 0 Å². The van der Waals surface area contributed by atoms with Crippen LogP contribution in [0.4, 0.5) is 0 Å². The van der Waals surface area contributed by atoms with Crippen LogP contribution in [0.5, 0.6) is 0 Å². The normalized spacial score (nSPS) is 11.9. The fourth-order valence-corrected chi connectivity index (χ4v) is 1.62. The lowest BCUT2D eigenvalue weighted by atomic mass is 9.92. The van der Waals surface area contributed by atoms with E-state index in [9.17, 15) is 4.79 Å².